The molecule has 0 saturated heterocycles. The number of anilines is 1. The average molecular weight is 377 g/mol. The minimum atomic E-state index is -0.528. The number of carbonyl (C=O) groups is 1. The zero-order valence-corrected chi connectivity index (χ0v) is 14.9. The number of nitro benzene ring substituents is 1. The predicted octanol–water partition coefficient (Wildman–Crippen LogP) is 4.31. The van der Waals surface area contributed by atoms with E-state index in [-0.39, 0.29) is 5.69 Å². The quantitative estimate of drug-likeness (QED) is 0.441. The van der Waals surface area contributed by atoms with E-state index in [4.69, 9.17) is 21.1 Å². The van der Waals surface area contributed by atoms with Crippen molar-refractivity contribution < 1.29 is 19.2 Å². The van der Waals surface area contributed by atoms with Crippen LogP contribution in [0.3, 0.4) is 0 Å². The van der Waals surface area contributed by atoms with Gasteiger partial charge in [0, 0.05) is 23.9 Å². The molecule has 136 valence electrons. The first-order valence-electron chi connectivity index (χ1n) is 7.68. The number of rotatable bonds is 7. The highest BCUT2D eigenvalue weighted by atomic mass is 35.5. The molecule has 8 heteroatoms. The van der Waals surface area contributed by atoms with Gasteiger partial charge in [-0.3, -0.25) is 14.9 Å². The first-order chi connectivity index (χ1) is 12.4. The van der Waals surface area contributed by atoms with Crippen LogP contribution in [0.15, 0.2) is 42.5 Å². The molecule has 1 N–H and O–H groups in total. The molecule has 1 amide bonds. The summed E-state index contributed by atoms with van der Waals surface area (Å²) in [7, 11) is 1.49. The summed E-state index contributed by atoms with van der Waals surface area (Å²) in [5, 5.41) is 13.7. The highest BCUT2D eigenvalue weighted by Gasteiger charge is 2.11. The van der Waals surface area contributed by atoms with E-state index in [0.29, 0.717) is 34.4 Å². The third kappa shape index (κ3) is 4.97. The Kier molecular flexibility index (Phi) is 6.57. The fourth-order valence-electron chi connectivity index (χ4n) is 2.20. The molecule has 0 aliphatic carbocycles. The molecule has 26 heavy (non-hydrogen) atoms. The van der Waals surface area contributed by atoms with Gasteiger partial charge in [-0.2, -0.15) is 0 Å². The maximum absolute atomic E-state index is 12.0. The van der Waals surface area contributed by atoms with Crippen LogP contribution in [-0.4, -0.2) is 24.5 Å². The summed E-state index contributed by atoms with van der Waals surface area (Å²) < 4.78 is 10.7. The van der Waals surface area contributed by atoms with Crippen molar-refractivity contribution in [3.63, 3.8) is 0 Å². The van der Waals surface area contributed by atoms with Crippen LogP contribution >= 0.6 is 11.6 Å². The van der Waals surface area contributed by atoms with Crippen molar-refractivity contribution in [1.82, 2.24) is 0 Å². The van der Waals surface area contributed by atoms with Crippen molar-refractivity contribution in [2.24, 2.45) is 0 Å². The van der Waals surface area contributed by atoms with Crippen molar-refractivity contribution >= 4 is 35.0 Å². The van der Waals surface area contributed by atoms with E-state index >= 15 is 0 Å². The Morgan fingerprint density at radius 3 is 2.77 bits per heavy atom. The molecule has 0 unspecified atom stereocenters. The third-order valence-corrected chi connectivity index (χ3v) is 3.57. The summed E-state index contributed by atoms with van der Waals surface area (Å²) in [5.41, 5.74) is 0.875. The van der Waals surface area contributed by atoms with Gasteiger partial charge in [-0.1, -0.05) is 17.7 Å². The molecule has 0 aromatic heterocycles. The lowest BCUT2D eigenvalue weighted by Gasteiger charge is -2.11. The minimum absolute atomic E-state index is 0.102. The number of nitrogens with zero attached hydrogens (tertiary/aromatic N) is 1. The zero-order chi connectivity index (χ0) is 19.1. The predicted molar refractivity (Wildman–Crippen MR) is 99.9 cm³/mol. The summed E-state index contributed by atoms with van der Waals surface area (Å²) >= 11 is 6.16. The molecule has 0 bridgehead atoms. The Hall–Kier alpha value is -3.06. The number of non-ortho nitro benzene ring substituents is 1. The standard InChI is InChI=1S/C18H17ClN2O5/c1-3-26-16-10-12(9-15(19)18(16)25-2)7-8-17(22)20-13-5-4-6-14(11-13)21(23)24/h4-11H,3H2,1-2H3,(H,20,22)/b8-7+. The van der Waals surface area contributed by atoms with Crippen LogP contribution < -0.4 is 14.8 Å². The molecule has 0 heterocycles. The molecule has 0 fully saturated rings. The molecule has 7 nitrogen and oxygen atoms in total. The summed E-state index contributed by atoms with van der Waals surface area (Å²) in [4.78, 5) is 22.3. The van der Waals surface area contributed by atoms with Crippen molar-refractivity contribution in [3.8, 4) is 11.5 Å². The molecule has 0 aliphatic rings. The van der Waals surface area contributed by atoms with Crippen molar-refractivity contribution in [1.29, 1.82) is 0 Å². The topological polar surface area (TPSA) is 90.7 Å². The maximum Gasteiger partial charge on any atom is 0.271 e. The first kappa shape index (κ1) is 19.3. The minimum Gasteiger partial charge on any atom is -0.491 e. The van der Waals surface area contributed by atoms with Gasteiger partial charge >= 0.3 is 0 Å². The molecule has 2 aromatic carbocycles. The van der Waals surface area contributed by atoms with E-state index < -0.39 is 10.8 Å². The number of ether oxygens (including phenoxy) is 2. The summed E-state index contributed by atoms with van der Waals surface area (Å²) in [6, 6.07) is 9.03. The number of amides is 1. The monoisotopic (exact) mass is 376 g/mol. The number of halogens is 1. The lowest BCUT2D eigenvalue weighted by atomic mass is 10.2. The van der Waals surface area contributed by atoms with Crippen molar-refractivity contribution in [3.05, 3.63) is 63.2 Å². The van der Waals surface area contributed by atoms with E-state index in [1.165, 1.54) is 31.4 Å². The van der Waals surface area contributed by atoms with Crippen LogP contribution in [0, 0.1) is 10.1 Å². The third-order valence-electron chi connectivity index (χ3n) is 3.29. The highest BCUT2D eigenvalue weighted by molar-refractivity contribution is 6.32. The molecular formula is C18H17ClN2O5. The Labute approximate surface area is 155 Å². The van der Waals surface area contributed by atoms with Gasteiger partial charge in [0.15, 0.2) is 11.5 Å². The molecule has 2 aromatic rings. The van der Waals surface area contributed by atoms with E-state index in [0.717, 1.165) is 0 Å². The highest BCUT2D eigenvalue weighted by Crippen LogP contribution is 2.36. The van der Waals surface area contributed by atoms with Gasteiger partial charge in [0.05, 0.1) is 23.7 Å². The van der Waals surface area contributed by atoms with Crippen LogP contribution in [-0.2, 0) is 4.79 Å². The number of nitrogens with one attached hydrogen (secondary N) is 1. The van der Waals surface area contributed by atoms with Gasteiger partial charge in [0.2, 0.25) is 5.91 Å². The van der Waals surface area contributed by atoms with Gasteiger partial charge in [0.1, 0.15) is 0 Å². The van der Waals surface area contributed by atoms with Crippen LogP contribution in [0.5, 0.6) is 11.5 Å². The fraction of sp³-hybridized carbons (Fsp3) is 0.167. The van der Waals surface area contributed by atoms with Gasteiger partial charge in [0.25, 0.3) is 5.69 Å². The average Bonchev–Trinajstić information content (AvgIpc) is 2.60. The molecule has 0 radical (unpaired) electrons. The lowest BCUT2D eigenvalue weighted by Crippen LogP contribution is -2.07. The first-order valence-corrected chi connectivity index (χ1v) is 8.06. The number of methoxy groups -OCH3 is 1. The van der Waals surface area contributed by atoms with Gasteiger partial charge in [-0.25, -0.2) is 0 Å². The second-order valence-corrected chi connectivity index (χ2v) is 5.50. The number of benzene rings is 2. The summed E-state index contributed by atoms with van der Waals surface area (Å²) in [6.07, 6.45) is 2.85. The SMILES string of the molecule is CCOc1cc(/C=C/C(=O)Nc2cccc([N+](=O)[O-])c2)cc(Cl)c1OC. The zero-order valence-electron chi connectivity index (χ0n) is 14.2. The van der Waals surface area contributed by atoms with Crippen LogP contribution in [0.2, 0.25) is 5.02 Å². The Morgan fingerprint density at radius 2 is 2.12 bits per heavy atom. The molecular weight excluding hydrogens is 360 g/mol. The summed E-state index contributed by atoms with van der Waals surface area (Å²) in [6.45, 7) is 2.27. The van der Waals surface area contributed by atoms with E-state index in [1.54, 1.807) is 24.3 Å². The number of nitro groups is 1. The second kappa shape index (κ2) is 8.87. The fourth-order valence-corrected chi connectivity index (χ4v) is 2.49. The molecule has 0 aliphatic heterocycles. The molecule has 2 rings (SSSR count). The van der Waals surface area contributed by atoms with Crippen LogP contribution in [0.1, 0.15) is 12.5 Å². The van der Waals surface area contributed by atoms with Crippen LogP contribution in [0.4, 0.5) is 11.4 Å². The van der Waals surface area contributed by atoms with Crippen LogP contribution in [0.25, 0.3) is 6.08 Å². The van der Waals surface area contributed by atoms with Gasteiger partial charge in [-0.05, 0) is 36.8 Å². The maximum atomic E-state index is 12.0. The molecule has 0 saturated carbocycles. The van der Waals surface area contributed by atoms with Crippen molar-refractivity contribution in [2.75, 3.05) is 19.0 Å². The van der Waals surface area contributed by atoms with E-state index in [2.05, 4.69) is 5.32 Å². The number of hydrogen-bond donors (Lipinski definition) is 1. The largest absolute Gasteiger partial charge is 0.491 e. The molecule has 0 spiro atoms. The van der Waals surface area contributed by atoms with Crippen molar-refractivity contribution in [2.45, 2.75) is 6.92 Å². The summed E-state index contributed by atoms with van der Waals surface area (Å²) in [5.74, 6) is 0.461. The second-order valence-electron chi connectivity index (χ2n) is 5.10. The molecule has 0 atom stereocenters. The van der Waals surface area contributed by atoms with Gasteiger partial charge < -0.3 is 14.8 Å². The normalized spacial score (nSPS) is 10.6. The Balaban J connectivity index is 2.15. The smallest absolute Gasteiger partial charge is 0.271 e. The number of hydrogen-bond acceptors (Lipinski definition) is 5. The lowest BCUT2D eigenvalue weighted by molar-refractivity contribution is -0.384. The Bertz CT molecular complexity index is 851. The van der Waals surface area contributed by atoms with E-state index in [1.807, 2.05) is 6.92 Å². The number of carbonyl (C=O) groups excluding carboxylic acids is 1. The van der Waals surface area contributed by atoms with Gasteiger partial charge in [-0.15, -0.1) is 0 Å². The Morgan fingerprint density at radius 1 is 1.35 bits per heavy atom. The van der Waals surface area contributed by atoms with E-state index in [9.17, 15) is 14.9 Å².